The van der Waals surface area contributed by atoms with Gasteiger partial charge in [0, 0.05) is 17.5 Å². The molecular formula is C15H8F3NO2. The molecule has 0 spiro atoms. The Balaban J connectivity index is 2.37. The number of hydrogen-bond donors (Lipinski definition) is 0. The number of imide groups is 1. The van der Waals surface area contributed by atoms with Crippen LogP contribution in [-0.4, -0.2) is 11.8 Å². The van der Waals surface area contributed by atoms with Gasteiger partial charge in [-0.2, -0.15) is 13.2 Å². The van der Waals surface area contributed by atoms with Crippen LogP contribution in [0.1, 0.15) is 5.56 Å². The highest BCUT2D eigenvalue weighted by Gasteiger charge is 2.39. The predicted molar refractivity (Wildman–Crippen MR) is 70.6 cm³/mol. The fourth-order valence-corrected chi connectivity index (χ4v) is 2.35. The molecule has 2 amide bonds. The third-order valence-corrected chi connectivity index (χ3v) is 3.24. The van der Waals surface area contributed by atoms with Crippen molar-refractivity contribution in [3.05, 3.63) is 54.1 Å². The minimum Gasteiger partial charge on any atom is -0.269 e. The molecule has 0 N–H and O–H groups in total. The number of benzene rings is 2. The van der Waals surface area contributed by atoms with E-state index in [2.05, 4.69) is 0 Å². The average Bonchev–Trinajstić information content (AvgIpc) is 2.76. The number of amides is 2. The van der Waals surface area contributed by atoms with Crippen molar-refractivity contribution in [1.29, 1.82) is 0 Å². The summed E-state index contributed by atoms with van der Waals surface area (Å²) < 4.78 is 39.6. The van der Waals surface area contributed by atoms with E-state index < -0.39 is 29.2 Å². The second-order valence-electron chi connectivity index (χ2n) is 4.53. The van der Waals surface area contributed by atoms with Gasteiger partial charge in [-0.3, -0.25) is 9.59 Å². The zero-order chi connectivity index (χ0) is 15.2. The van der Waals surface area contributed by atoms with Gasteiger partial charge in [0.25, 0.3) is 11.8 Å². The molecule has 0 atom stereocenters. The molecule has 0 bridgehead atoms. The number of alkyl halides is 3. The first-order valence-electron chi connectivity index (χ1n) is 6.04. The lowest BCUT2D eigenvalue weighted by Crippen LogP contribution is -2.32. The Morgan fingerprint density at radius 3 is 2.10 bits per heavy atom. The summed E-state index contributed by atoms with van der Waals surface area (Å²) in [5.74, 6) is -1.55. The van der Waals surface area contributed by atoms with E-state index in [4.69, 9.17) is 0 Å². The largest absolute Gasteiger partial charge is 0.418 e. The molecule has 1 aliphatic heterocycles. The molecule has 0 unspecified atom stereocenters. The van der Waals surface area contributed by atoms with Gasteiger partial charge in [0.15, 0.2) is 0 Å². The fourth-order valence-electron chi connectivity index (χ4n) is 2.35. The summed E-state index contributed by atoms with van der Waals surface area (Å²) in [6.45, 7) is 0. The molecule has 21 heavy (non-hydrogen) atoms. The first-order valence-corrected chi connectivity index (χ1v) is 6.04. The third kappa shape index (κ3) is 2.08. The maximum absolute atomic E-state index is 13.2. The van der Waals surface area contributed by atoms with Crippen molar-refractivity contribution in [2.45, 2.75) is 6.18 Å². The number of nitrogens with zero attached hydrogens (tertiary/aromatic N) is 1. The Morgan fingerprint density at radius 1 is 0.857 bits per heavy atom. The minimum atomic E-state index is -4.66. The van der Waals surface area contributed by atoms with Crippen LogP contribution in [0, 0.1) is 0 Å². The predicted octanol–water partition coefficient (Wildman–Crippen LogP) is 3.29. The van der Waals surface area contributed by atoms with Gasteiger partial charge in [0.1, 0.15) is 0 Å². The normalized spacial score (nSPS) is 15.3. The number of halogens is 3. The molecule has 0 aliphatic carbocycles. The molecule has 106 valence electrons. The quantitative estimate of drug-likeness (QED) is 0.756. The van der Waals surface area contributed by atoms with Crippen LogP contribution in [0.2, 0.25) is 0 Å². The Kier molecular flexibility index (Phi) is 2.83. The second kappa shape index (κ2) is 4.44. The summed E-state index contributed by atoms with van der Waals surface area (Å²) in [6.07, 6.45) is -2.74. The van der Waals surface area contributed by atoms with E-state index >= 15 is 0 Å². The highest BCUT2D eigenvalue weighted by Crippen LogP contribution is 2.41. The van der Waals surface area contributed by atoms with Crippen LogP contribution in [-0.2, 0) is 15.8 Å². The molecule has 0 aromatic heterocycles. The van der Waals surface area contributed by atoms with Crippen molar-refractivity contribution < 1.29 is 22.8 Å². The molecule has 3 rings (SSSR count). The van der Waals surface area contributed by atoms with E-state index in [0.29, 0.717) is 10.3 Å². The second-order valence-corrected chi connectivity index (χ2v) is 4.53. The van der Waals surface area contributed by atoms with E-state index in [-0.39, 0.29) is 5.39 Å². The molecule has 2 aromatic rings. The molecular weight excluding hydrogens is 283 g/mol. The van der Waals surface area contributed by atoms with Gasteiger partial charge in [-0.25, -0.2) is 4.90 Å². The average molecular weight is 291 g/mol. The highest BCUT2D eigenvalue weighted by atomic mass is 19.4. The molecule has 3 nitrogen and oxygen atoms in total. The molecule has 0 radical (unpaired) electrons. The zero-order valence-electron chi connectivity index (χ0n) is 10.5. The smallest absolute Gasteiger partial charge is 0.269 e. The molecule has 0 saturated carbocycles. The van der Waals surface area contributed by atoms with Gasteiger partial charge in [0.2, 0.25) is 0 Å². The molecule has 6 heteroatoms. The van der Waals surface area contributed by atoms with E-state index in [1.807, 2.05) is 0 Å². The van der Waals surface area contributed by atoms with Gasteiger partial charge in [0.05, 0.1) is 11.3 Å². The summed E-state index contributed by atoms with van der Waals surface area (Å²) in [6, 6.07) is 8.52. The number of fused-ring (bicyclic) bond motifs is 1. The minimum absolute atomic E-state index is 0.206. The number of hydrogen-bond acceptors (Lipinski definition) is 2. The van der Waals surface area contributed by atoms with Crippen LogP contribution in [0.3, 0.4) is 0 Å². The molecule has 2 aromatic carbocycles. The Morgan fingerprint density at radius 2 is 1.48 bits per heavy atom. The van der Waals surface area contributed by atoms with Crippen molar-refractivity contribution in [2.75, 3.05) is 4.90 Å². The van der Waals surface area contributed by atoms with Crippen molar-refractivity contribution in [3.8, 4) is 0 Å². The topological polar surface area (TPSA) is 37.4 Å². The van der Waals surface area contributed by atoms with Crippen molar-refractivity contribution in [2.24, 2.45) is 0 Å². The van der Waals surface area contributed by atoms with Gasteiger partial charge in [-0.1, -0.05) is 30.3 Å². The summed E-state index contributed by atoms with van der Waals surface area (Å²) >= 11 is 0. The van der Waals surface area contributed by atoms with E-state index in [1.165, 1.54) is 12.1 Å². The molecule has 0 fully saturated rings. The van der Waals surface area contributed by atoms with Crippen LogP contribution in [0.4, 0.5) is 18.9 Å². The van der Waals surface area contributed by atoms with Crippen LogP contribution < -0.4 is 4.90 Å². The number of carbonyl (C=O) groups excluding carboxylic acids is 2. The van der Waals surface area contributed by atoms with Crippen LogP contribution in [0.25, 0.3) is 10.8 Å². The van der Waals surface area contributed by atoms with Crippen molar-refractivity contribution in [1.82, 2.24) is 0 Å². The first kappa shape index (κ1) is 13.4. The monoisotopic (exact) mass is 291 g/mol. The Labute approximate surface area is 117 Å². The summed E-state index contributed by atoms with van der Waals surface area (Å²) in [5, 5.41) is 0.728. The maximum atomic E-state index is 13.2. The summed E-state index contributed by atoms with van der Waals surface area (Å²) in [5.41, 5.74) is -1.42. The molecule has 0 saturated heterocycles. The van der Waals surface area contributed by atoms with Crippen molar-refractivity contribution in [3.63, 3.8) is 0 Å². The summed E-state index contributed by atoms with van der Waals surface area (Å²) in [7, 11) is 0. The Hall–Kier alpha value is -2.63. The zero-order valence-corrected chi connectivity index (χ0v) is 10.5. The number of anilines is 1. The van der Waals surface area contributed by atoms with Gasteiger partial charge < -0.3 is 0 Å². The van der Waals surface area contributed by atoms with E-state index in [9.17, 15) is 22.8 Å². The summed E-state index contributed by atoms with van der Waals surface area (Å²) in [4.78, 5) is 24.1. The van der Waals surface area contributed by atoms with Crippen LogP contribution in [0.5, 0.6) is 0 Å². The SMILES string of the molecule is O=C1C=CC(=O)N1c1c(C(F)(F)F)ccc2ccccc12. The van der Waals surface area contributed by atoms with Crippen LogP contribution >= 0.6 is 0 Å². The van der Waals surface area contributed by atoms with Crippen molar-refractivity contribution >= 4 is 28.3 Å². The van der Waals surface area contributed by atoms with E-state index in [1.54, 1.807) is 18.2 Å². The lowest BCUT2D eigenvalue weighted by Gasteiger charge is -2.21. The third-order valence-electron chi connectivity index (χ3n) is 3.24. The van der Waals surface area contributed by atoms with E-state index in [0.717, 1.165) is 18.2 Å². The van der Waals surface area contributed by atoms with Crippen LogP contribution in [0.15, 0.2) is 48.6 Å². The van der Waals surface area contributed by atoms with Gasteiger partial charge in [-0.05, 0) is 11.5 Å². The standard InChI is InChI=1S/C15H8F3NO2/c16-15(17,18)11-6-5-9-3-1-2-4-10(9)14(11)19-12(20)7-8-13(19)21/h1-8H. The first-order chi connectivity index (χ1) is 9.89. The fraction of sp³-hybridized carbons (Fsp3) is 0.0667. The number of carbonyl (C=O) groups is 2. The Bertz CT molecular complexity index is 775. The lowest BCUT2D eigenvalue weighted by molar-refractivity contribution is -0.137. The highest BCUT2D eigenvalue weighted by molar-refractivity contribution is 6.30. The van der Waals surface area contributed by atoms with Gasteiger partial charge >= 0.3 is 6.18 Å². The lowest BCUT2D eigenvalue weighted by atomic mass is 10.0. The molecule has 1 heterocycles. The van der Waals surface area contributed by atoms with Gasteiger partial charge in [-0.15, -0.1) is 0 Å². The maximum Gasteiger partial charge on any atom is 0.418 e. The molecule has 1 aliphatic rings. The number of rotatable bonds is 1.